The highest BCUT2D eigenvalue weighted by Crippen LogP contribution is 2.19. The molecule has 1 aliphatic heterocycles. The number of nitrogens with zero attached hydrogens (tertiary/aromatic N) is 2. The number of pyridine rings is 1. The van der Waals surface area contributed by atoms with E-state index in [-0.39, 0.29) is 11.8 Å². The lowest BCUT2D eigenvalue weighted by atomic mass is 10.00. The maximum absolute atomic E-state index is 12.7. The summed E-state index contributed by atoms with van der Waals surface area (Å²) in [4.78, 5) is 31.3. The first-order chi connectivity index (χ1) is 12.9. The van der Waals surface area contributed by atoms with Crippen molar-refractivity contribution in [3.8, 4) is 0 Å². The summed E-state index contributed by atoms with van der Waals surface area (Å²) in [5.41, 5.74) is 2.72. The Kier molecular flexibility index (Phi) is 5.89. The molecule has 142 valence electrons. The van der Waals surface area contributed by atoms with Crippen molar-refractivity contribution >= 4 is 17.5 Å². The predicted molar refractivity (Wildman–Crippen MR) is 107 cm³/mol. The fraction of sp³-hybridized carbons (Fsp3) is 0.409. The van der Waals surface area contributed by atoms with Crippen molar-refractivity contribution in [1.29, 1.82) is 0 Å². The molecular formula is C22H27N3O2. The fourth-order valence-electron chi connectivity index (χ4n) is 3.38. The van der Waals surface area contributed by atoms with Gasteiger partial charge in [-0.2, -0.15) is 0 Å². The van der Waals surface area contributed by atoms with Crippen LogP contribution in [0.2, 0.25) is 0 Å². The minimum absolute atomic E-state index is 0.0995. The van der Waals surface area contributed by atoms with E-state index in [1.54, 1.807) is 12.1 Å². The van der Waals surface area contributed by atoms with Gasteiger partial charge < -0.3 is 10.2 Å². The number of piperidine rings is 1. The van der Waals surface area contributed by atoms with Crippen LogP contribution in [0.15, 0.2) is 42.6 Å². The largest absolute Gasteiger partial charge is 0.337 e. The van der Waals surface area contributed by atoms with Crippen LogP contribution in [0.1, 0.15) is 65.9 Å². The molecule has 1 saturated heterocycles. The first-order valence-corrected chi connectivity index (χ1v) is 9.60. The fourth-order valence-corrected chi connectivity index (χ4v) is 3.38. The number of likely N-dealkylation sites (tertiary alicyclic amines) is 1. The van der Waals surface area contributed by atoms with Crippen molar-refractivity contribution in [2.75, 3.05) is 18.4 Å². The average molecular weight is 365 g/mol. The second kappa shape index (κ2) is 8.33. The van der Waals surface area contributed by atoms with Gasteiger partial charge >= 0.3 is 0 Å². The summed E-state index contributed by atoms with van der Waals surface area (Å²) < 4.78 is 0. The number of carbonyl (C=O) groups is 2. The Labute approximate surface area is 160 Å². The topological polar surface area (TPSA) is 62.3 Å². The van der Waals surface area contributed by atoms with Crippen LogP contribution >= 0.6 is 0 Å². The van der Waals surface area contributed by atoms with Gasteiger partial charge in [0.15, 0.2) is 0 Å². The van der Waals surface area contributed by atoms with Crippen molar-refractivity contribution in [1.82, 2.24) is 9.88 Å². The number of hydrogen-bond donors (Lipinski definition) is 1. The number of benzene rings is 1. The molecular weight excluding hydrogens is 338 g/mol. The zero-order chi connectivity index (χ0) is 19.4. The molecule has 1 aromatic heterocycles. The van der Waals surface area contributed by atoms with E-state index in [0.717, 1.165) is 31.6 Å². The molecule has 1 unspecified atom stereocenters. The van der Waals surface area contributed by atoms with E-state index < -0.39 is 0 Å². The van der Waals surface area contributed by atoms with Gasteiger partial charge in [-0.15, -0.1) is 0 Å². The Bertz CT molecular complexity index is 815. The van der Waals surface area contributed by atoms with Crippen LogP contribution in [0.5, 0.6) is 0 Å². The summed E-state index contributed by atoms with van der Waals surface area (Å²) >= 11 is 0. The van der Waals surface area contributed by atoms with Gasteiger partial charge in [0.2, 0.25) is 0 Å². The molecule has 1 fully saturated rings. The van der Waals surface area contributed by atoms with Crippen LogP contribution in [-0.2, 0) is 0 Å². The van der Waals surface area contributed by atoms with Crippen molar-refractivity contribution in [3.05, 3.63) is 59.4 Å². The van der Waals surface area contributed by atoms with E-state index in [4.69, 9.17) is 0 Å². The lowest BCUT2D eigenvalue weighted by Crippen LogP contribution is -2.39. The molecule has 5 nitrogen and oxygen atoms in total. The number of rotatable bonds is 4. The number of nitrogens with one attached hydrogen (secondary N) is 1. The first kappa shape index (κ1) is 19.1. The van der Waals surface area contributed by atoms with Crippen molar-refractivity contribution in [2.45, 2.75) is 39.5 Å². The molecule has 2 amide bonds. The summed E-state index contributed by atoms with van der Waals surface area (Å²) in [7, 11) is 0. The second-order valence-corrected chi connectivity index (χ2v) is 7.66. The Hall–Kier alpha value is -2.69. The van der Waals surface area contributed by atoms with Gasteiger partial charge in [-0.25, -0.2) is 0 Å². The van der Waals surface area contributed by atoms with E-state index >= 15 is 0 Å². The Morgan fingerprint density at radius 3 is 2.59 bits per heavy atom. The number of amides is 2. The third-order valence-electron chi connectivity index (χ3n) is 5.02. The van der Waals surface area contributed by atoms with Crippen LogP contribution in [-0.4, -0.2) is 34.8 Å². The summed E-state index contributed by atoms with van der Waals surface area (Å²) in [5, 5.41) is 2.89. The van der Waals surface area contributed by atoms with Gasteiger partial charge in [0.25, 0.3) is 11.8 Å². The van der Waals surface area contributed by atoms with Gasteiger partial charge in [0.1, 0.15) is 5.69 Å². The maximum Gasteiger partial charge on any atom is 0.272 e. The lowest BCUT2D eigenvalue weighted by Gasteiger charge is -2.30. The number of carbonyl (C=O) groups excluding carboxylic acids is 2. The molecule has 2 heterocycles. The highest BCUT2D eigenvalue weighted by atomic mass is 16.2. The number of aromatic nitrogens is 1. The van der Waals surface area contributed by atoms with Crippen molar-refractivity contribution < 1.29 is 9.59 Å². The molecule has 1 aromatic carbocycles. The standard InChI is InChI=1S/C22H27N3O2/c1-15(2)17-6-8-19(9-7-17)24-21(26)18-10-11-23-20(13-18)22(27)25-12-4-5-16(3)14-25/h6-11,13,15-16H,4-5,12,14H2,1-3H3,(H,24,26). The van der Waals surface area contributed by atoms with Crippen molar-refractivity contribution in [2.24, 2.45) is 5.92 Å². The van der Waals surface area contributed by atoms with Gasteiger partial charge in [-0.3, -0.25) is 14.6 Å². The lowest BCUT2D eigenvalue weighted by molar-refractivity contribution is 0.0677. The maximum atomic E-state index is 12.7. The monoisotopic (exact) mass is 365 g/mol. The third kappa shape index (κ3) is 4.73. The van der Waals surface area contributed by atoms with Gasteiger partial charge in [0, 0.05) is 30.5 Å². The molecule has 27 heavy (non-hydrogen) atoms. The SMILES string of the molecule is CC1CCCN(C(=O)c2cc(C(=O)Nc3ccc(C(C)C)cc3)ccn2)C1. The summed E-state index contributed by atoms with van der Waals surface area (Å²) in [6, 6.07) is 11.0. The van der Waals surface area contributed by atoms with Gasteiger partial charge in [0.05, 0.1) is 0 Å². The molecule has 0 saturated carbocycles. The minimum Gasteiger partial charge on any atom is -0.337 e. The van der Waals surface area contributed by atoms with E-state index in [9.17, 15) is 9.59 Å². The second-order valence-electron chi connectivity index (χ2n) is 7.66. The van der Waals surface area contributed by atoms with Gasteiger partial charge in [-0.05, 0) is 54.5 Å². The predicted octanol–water partition coefficient (Wildman–Crippen LogP) is 4.33. The molecule has 1 atom stereocenters. The molecule has 2 aromatic rings. The normalized spacial score (nSPS) is 17.0. The van der Waals surface area contributed by atoms with Gasteiger partial charge in [-0.1, -0.05) is 32.9 Å². The summed E-state index contributed by atoms with van der Waals surface area (Å²) in [6.45, 7) is 7.92. The quantitative estimate of drug-likeness (QED) is 0.877. The average Bonchev–Trinajstić information content (AvgIpc) is 2.68. The first-order valence-electron chi connectivity index (χ1n) is 9.60. The van der Waals surface area contributed by atoms with Crippen molar-refractivity contribution in [3.63, 3.8) is 0 Å². The van der Waals surface area contributed by atoms with E-state index in [2.05, 4.69) is 31.1 Å². The van der Waals surface area contributed by atoms with Crippen LogP contribution in [0.25, 0.3) is 0 Å². The summed E-state index contributed by atoms with van der Waals surface area (Å²) in [5.74, 6) is 0.609. The van der Waals surface area contributed by atoms with Crippen LogP contribution < -0.4 is 5.32 Å². The smallest absolute Gasteiger partial charge is 0.272 e. The molecule has 0 spiro atoms. The Morgan fingerprint density at radius 1 is 1.19 bits per heavy atom. The molecule has 5 heteroatoms. The van der Waals surface area contributed by atoms with Crippen LogP contribution in [0, 0.1) is 5.92 Å². The number of hydrogen-bond acceptors (Lipinski definition) is 3. The molecule has 3 rings (SSSR count). The highest BCUT2D eigenvalue weighted by Gasteiger charge is 2.23. The molecule has 1 N–H and O–H groups in total. The van der Waals surface area contributed by atoms with Crippen LogP contribution in [0.4, 0.5) is 5.69 Å². The van der Waals surface area contributed by atoms with E-state index in [1.165, 1.54) is 11.8 Å². The minimum atomic E-state index is -0.240. The molecule has 0 aliphatic carbocycles. The van der Waals surface area contributed by atoms with E-state index in [0.29, 0.717) is 23.1 Å². The molecule has 0 bridgehead atoms. The van der Waals surface area contributed by atoms with Crippen LogP contribution in [0.3, 0.4) is 0 Å². The molecule has 0 radical (unpaired) electrons. The Balaban J connectivity index is 1.70. The number of anilines is 1. The molecule has 1 aliphatic rings. The zero-order valence-electron chi connectivity index (χ0n) is 16.2. The third-order valence-corrected chi connectivity index (χ3v) is 5.02. The summed E-state index contributed by atoms with van der Waals surface area (Å²) in [6.07, 6.45) is 3.69. The Morgan fingerprint density at radius 2 is 1.93 bits per heavy atom. The van der Waals surface area contributed by atoms with E-state index in [1.807, 2.05) is 29.2 Å². The zero-order valence-corrected chi connectivity index (χ0v) is 16.2. The highest BCUT2D eigenvalue weighted by molar-refractivity contribution is 6.05.